The summed E-state index contributed by atoms with van der Waals surface area (Å²) in [6, 6.07) is 3.67. The van der Waals surface area contributed by atoms with Gasteiger partial charge >= 0.3 is 0 Å². The van der Waals surface area contributed by atoms with Gasteiger partial charge in [-0.25, -0.2) is 4.98 Å². The van der Waals surface area contributed by atoms with Crippen LogP contribution in [0.4, 0.5) is 0 Å². The molecule has 2 rings (SSSR count). The summed E-state index contributed by atoms with van der Waals surface area (Å²) in [7, 11) is 1.57. The molecule has 1 saturated heterocycles. The monoisotopic (exact) mass is 237 g/mol. The number of nitrogens with zero attached hydrogens (tertiary/aromatic N) is 1. The molecule has 0 radical (unpaired) electrons. The van der Waals surface area contributed by atoms with Crippen molar-refractivity contribution in [3.05, 3.63) is 23.9 Å². The second-order valence-corrected chi connectivity index (χ2v) is 4.33. The zero-order chi connectivity index (χ0) is 12.1. The van der Waals surface area contributed by atoms with Gasteiger partial charge in [0, 0.05) is 18.4 Å². The maximum atomic E-state index is 10.1. The number of rotatable bonds is 5. The van der Waals surface area contributed by atoms with Crippen LogP contribution in [0.25, 0.3) is 0 Å². The molecule has 17 heavy (non-hydrogen) atoms. The molecule has 0 aliphatic carbocycles. The fraction of sp³-hybridized carbons (Fsp3) is 0.615. The van der Waals surface area contributed by atoms with Crippen molar-refractivity contribution in [1.29, 1.82) is 0 Å². The summed E-state index contributed by atoms with van der Waals surface area (Å²) in [6.45, 7) is 0.858. The van der Waals surface area contributed by atoms with Crippen LogP contribution in [-0.4, -0.2) is 29.9 Å². The Hall–Kier alpha value is -1.13. The van der Waals surface area contributed by atoms with Crippen LogP contribution in [0.2, 0.25) is 0 Å². The molecule has 0 saturated carbocycles. The second kappa shape index (κ2) is 5.98. The highest BCUT2D eigenvalue weighted by molar-refractivity contribution is 5.27. The van der Waals surface area contributed by atoms with Gasteiger partial charge in [-0.15, -0.1) is 0 Å². The Morgan fingerprint density at radius 3 is 3.24 bits per heavy atom. The van der Waals surface area contributed by atoms with Crippen LogP contribution in [0.1, 0.15) is 37.4 Å². The zero-order valence-corrected chi connectivity index (χ0v) is 10.1. The van der Waals surface area contributed by atoms with Crippen molar-refractivity contribution in [2.45, 2.75) is 37.9 Å². The summed E-state index contributed by atoms with van der Waals surface area (Å²) in [5.74, 6) is 0.507. The molecule has 1 aromatic heterocycles. The minimum atomic E-state index is -0.525. The predicted molar refractivity (Wildman–Crippen MR) is 64.0 cm³/mol. The van der Waals surface area contributed by atoms with Crippen LogP contribution in [0.5, 0.6) is 5.88 Å². The Labute approximate surface area is 102 Å². The Morgan fingerprint density at radius 1 is 1.65 bits per heavy atom. The maximum Gasteiger partial charge on any atom is 0.218 e. The molecule has 1 aliphatic rings. The smallest absolute Gasteiger partial charge is 0.218 e. The van der Waals surface area contributed by atoms with E-state index in [1.54, 1.807) is 13.3 Å². The number of hydrogen-bond donors (Lipinski definition) is 1. The minimum Gasteiger partial charge on any atom is -0.481 e. The highest BCUT2D eigenvalue weighted by atomic mass is 16.5. The lowest BCUT2D eigenvalue weighted by atomic mass is 10.0. The van der Waals surface area contributed by atoms with Gasteiger partial charge in [0.2, 0.25) is 5.88 Å². The molecule has 94 valence electrons. The van der Waals surface area contributed by atoms with Gasteiger partial charge in [-0.05, 0) is 37.8 Å². The molecule has 2 atom stereocenters. The molecule has 1 aromatic rings. The largest absolute Gasteiger partial charge is 0.481 e. The van der Waals surface area contributed by atoms with E-state index in [-0.39, 0.29) is 0 Å². The molecule has 4 heteroatoms. The van der Waals surface area contributed by atoms with Gasteiger partial charge in [0.15, 0.2) is 0 Å². The first-order chi connectivity index (χ1) is 8.31. The van der Waals surface area contributed by atoms with Crippen LogP contribution >= 0.6 is 0 Å². The number of aliphatic hydroxyl groups excluding tert-OH is 1. The number of aliphatic hydroxyl groups is 1. The lowest BCUT2D eigenvalue weighted by Gasteiger charge is -2.15. The van der Waals surface area contributed by atoms with Gasteiger partial charge in [-0.2, -0.15) is 0 Å². The third-order valence-corrected chi connectivity index (χ3v) is 3.14. The molecule has 1 aliphatic heterocycles. The van der Waals surface area contributed by atoms with E-state index in [4.69, 9.17) is 9.47 Å². The molecule has 0 amide bonds. The average molecular weight is 237 g/mol. The van der Waals surface area contributed by atoms with E-state index in [9.17, 15) is 5.11 Å². The Bertz CT molecular complexity index is 350. The van der Waals surface area contributed by atoms with E-state index in [2.05, 4.69) is 4.98 Å². The van der Waals surface area contributed by atoms with E-state index < -0.39 is 6.10 Å². The van der Waals surface area contributed by atoms with Gasteiger partial charge in [0.1, 0.15) is 0 Å². The Kier molecular flexibility index (Phi) is 4.34. The third-order valence-electron chi connectivity index (χ3n) is 3.14. The van der Waals surface area contributed by atoms with Crippen molar-refractivity contribution >= 4 is 0 Å². The van der Waals surface area contributed by atoms with E-state index in [1.807, 2.05) is 12.1 Å². The Balaban J connectivity index is 1.91. The summed E-state index contributed by atoms with van der Waals surface area (Å²) < 4.78 is 10.7. The third kappa shape index (κ3) is 3.17. The van der Waals surface area contributed by atoms with E-state index in [1.165, 1.54) is 0 Å². The molecule has 1 fully saturated rings. The number of hydrogen-bond acceptors (Lipinski definition) is 4. The molecular formula is C13H19NO3. The van der Waals surface area contributed by atoms with Gasteiger partial charge < -0.3 is 14.6 Å². The summed E-state index contributed by atoms with van der Waals surface area (Å²) >= 11 is 0. The van der Waals surface area contributed by atoms with Crippen molar-refractivity contribution < 1.29 is 14.6 Å². The van der Waals surface area contributed by atoms with Crippen molar-refractivity contribution in [2.24, 2.45) is 0 Å². The topological polar surface area (TPSA) is 51.6 Å². The maximum absolute atomic E-state index is 10.1. The van der Waals surface area contributed by atoms with Gasteiger partial charge in [0.25, 0.3) is 0 Å². The van der Waals surface area contributed by atoms with Crippen molar-refractivity contribution in [3.8, 4) is 5.88 Å². The van der Waals surface area contributed by atoms with Crippen LogP contribution in [0.3, 0.4) is 0 Å². The molecule has 0 bridgehead atoms. The molecule has 2 heterocycles. The van der Waals surface area contributed by atoms with Crippen molar-refractivity contribution in [3.63, 3.8) is 0 Å². The van der Waals surface area contributed by atoms with Crippen molar-refractivity contribution in [2.75, 3.05) is 13.7 Å². The molecule has 0 spiro atoms. The van der Waals surface area contributed by atoms with Crippen LogP contribution in [0.15, 0.2) is 18.3 Å². The summed E-state index contributed by atoms with van der Waals surface area (Å²) in [6.07, 6.45) is 5.27. The quantitative estimate of drug-likeness (QED) is 0.852. The standard InChI is InChI=1S/C13H19NO3/c1-16-13-11(5-2-8-14-13)12(15)7-6-10-4-3-9-17-10/h2,5,8,10,12,15H,3-4,6-7,9H2,1H3. The highest BCUT2D eigenvalue weighted by Crippen LogP contribution is 2.28. The van der Waals surface area contributed by atoms with Crippen LogP contribution in [0, 0.1) is 0 Å². The zero-order valence-electron chi connectivity index (χ0n) is 10.1. The Morgan fingerprint density at radius 2 is 2.53 bits per heavy atom. The number of aromatic nitrogens is 1. The molecular weight excluding hydrogens is 218 g/mol. The lowest BCUT2D eigenvalue weighted by Crippen LogP contribution is -2.09. The number of pyridine rings is 1. The van der Waals surface area contributed by atoms with Crippen LogP contribution < -0.4 is 4.74 Å². The fourth-order valence-electron chi connectivity index (χ4n) is 2.20. The first-order valence-electron chi connectivity index (χ1n) is 6.10. The van der Waals surface area contributed by atoms with Crippen molar-refractivity contribution in [1.82, 2.24) is 4.98 Å². The second-order valence-electron chi connectivity index (χ2n) is 4.33. The lowest BCUT2D eigenvalue weighted by molar-refractivity contribution is 0.0804. The number of ether oxygens (including phenoxy) is 2. The summed E-state index contributed by atoms with van der Waals surface area (Å²) in [5.41, 5.74) is 0.757. The number of methoxy groups -OCH3 is 1. The first-order valence-corrected chi connectivity index (χ1v) is 6.10. The van der Waals surface area contributed by atoms with E-state index in [0.29, 0.717) is 18.4 Å². The van der Waals surface area contributed by atoms with Gasteiger partial charge in [-0.1, -0.05) is 0 Å². The SMILES string of the molecule is COc1ncccc1C(O)CCC1CCCO1. The highest BCUT2D eigenvalue weighted by Gasteiger charge is 2.19. The molecule has 0 aromatic carbocycles. The fourth-order valence-corrected chi connectivity index (χ4v) is 2.20. The van der Waals surface area contributed by atoms with Crippen LogP contribution in [-0.2, 0) is 4.74 Å². The van der Waals surface area contributed by atoms with E-state index >= 15 is 0 Å². The van der Waals surface area contributed by atoms with Gasteiger partial charge in [0.05, 0.1) is 19.3 Å². The summed E-state index contributed by atoms with van der Waals surface area (Å²) in [4.78, 5) is 4.08. The molecule has 2 unspecified atom stereocenters. The predicted octanol–water partition coefficient (Wildman–Crippen LogP) is 2.08. The first kappa shape index (κ1) is 12.3. The molecule has 4 nitrogen and oxygen atoms in total. The minimum absolute atomic E-state index is 0.312. The van der Waals surface area contributed by atoms with E-state index in [0.717, 1.165) is 31.4 Å². The molecule has 1 N–H and O–H groups in total. The normalized spacial score (nSPS) is 21.4. The summed E-state index contributed by atoms with van der Waals surface area (Å²) in [5, 5.41) is 10.1. The van der Waals surface area contributed by atoms with Gasteiger partial charge in [-0.3, -0.25) is 0 Å². The average Bonchev–Trinajstić information content (AvgIpc) is 2.89.